The standard InChI is InChI=1S/C20H16FN3O3S/c1-2-24-16-6-4-3-5-14(16)18-19(28(24,25)26)17(15(11-22)20(23)27-18)12-7-9-13(21)10-8-12/h3-10,17H,2,23H2,1H3/t17-/m1/s1. The summed E-state index contributed by atoms with van der Waals surface area (Å²) in [5.74, 6) is -1.51. The number of fused-ring (bicyclic) bond motifs is 2. The highest BCUT2D eigenvalue weighted by molar-refractivity contribution is 7.97. The van der Waals surface area contributed by atoms with Crippen LogP contribution in [-0.2, 0) is 14.8 Å². The fraction of sp³-hybridized carbons (Fsp3) is 0.150. The van der Waals surface area contributed by atoms with Gasteiger partial charge < -0.3 is 10.5 Å². The van der Waals surface area contributed by atoms with Gasteiger partial charge in [0.1, 0.15) is 22.4 Å². The van der Waals surface area contributed by atoms with Crippen molar-refractivity contribution in [2.24, 2.45) is 5.73 Å². The van der Waals surface area contributed by atoms with E-state index < -0.39 is 21.8 Å². The molecule has 2 aromatic rings. The lowest BCUT2D eigenvalue weighted by Gasteiger charge is -2.37. The fourth-order valence-electron chi connectivity index (χ4n) is 3.64. The van der Waals surface area contributed by atoms with Gasteiger partial charge in [-0.25, -0.2) is 12.8 Å². The Morgan fingerprint density at radius 2 is 1.89 bits per heavy atom. The van der Waals surface area contributed by atoms with E-state index >= 15 is 0 Å². The summed E-state index contributed by atoms with van der Waals surface area (Å²) in [7, 11) is -4.01. The summed E-state index contributed by atoms with van der Waals surface area (Å²) in [5, 5.41) is 9.65. The Labute approximate surface area is 162 Å². The first kappa shape index (κ1) is 18.1. The van der Waals surface area contributed by atoms with Crippen LogP contribution in [0.25, 0.3) is 5.76 Å². The van der Waals surface area contributed by atoms with Gasteiger partial charge in [-0.05, 0) is 36.8 Å². The lowest BCUT2D eigenvalue weighted by atomic mass is 9.88. The molecule has 0 spiro atoms. The molecule has 142 valence electrons. The number of sulfonamides is 1. The lowest BCUT2D eigenvalue weighted by Crippen LogP contribution is -2.39. The molecular formula is C20H16FN3O3S. The molecule has 2 N–H and O–H groups in total. The Bertz CT molecular complexity index is 1180. The second-order valence-corrected chi connectivity index (χ2v) is 8.19. The van der Waals surface area contributed by atoms with Crippen molar-refractivity contribution >= 4 is 21.5 Å². The number of rotatable bonds is 2. The molecule has 0 aromatic heterocycles. The van der Waals surface area contributed by atoms with Gasteiger partial charge in [0.2, 0.25) is 5.88 Å². The van der Waals surface area contributed by atoms with Crippen molar-refractivity contribution in [1.82, 2.24) is 0 Å². The first-order valence-electron chi connectivity index (χ1n) is 8.59. The van der Waals surface area contributed by atoms with Crippen LogP contribution in [0, 0.1) is 17.1 Å². The van der Waals surface area contributed by atoms with Crippen molar-refractivity contribution in [2.75, 3.05) is 10.8 Å². The second kappa shape index (κ2) is 6.39. The van der Waals surface area contributed by atoms with E-state index in [1.165, 1.54) is 28.6 Å². The zero-order valence-electron chi connectivity index (χ0n) is 14.9. The number of ether oxygens (including phenoxy) is 1. The van der Waals surface area contributed by atoms with Crippen molar-refractivity contribution in [1.29, 1.82) is 5.26 Å². The smallest absolute Gasteiger partial charge is 0.265 e. The molecule has 0 saturated heterocycles. The Morgan fingerprint density at radius 1 is 1.21 bits per heavy atom. The van der Waals surface area contributed by atoms with Crippen LogP contribution in [0.5, 0.6) is 0 Å². The number of nitrogens with two attached hydrogens (primary N) is 1. The SMILES string of the molecule is CCN1c2ccccc2C2=C([C@H](c3ccc(F)cc3)C(C#N)=C(N)O2)S1(=O)=O. The highest BCUT2D eigenvalue weighted by Gasteiger charge is 2.46. The summed E-state index contributed by atoms with van der Waals surface area (Å²) < 4.78 is 47.4. The third-order valence-corrected chi connectivity index (χ3v) is 6.86. The van der Waals surface area contributed by atoms with Gasteiger partial charge in [0.15, 0.2) is 5.76 Å². The monoisotopic (exact) mass is 397 g/mol. The third-order valence-electron chi connectivity index (χ3n) is 4.85. The van der Waals surface area contributed by atoms with Crippen LogP contribution in [0.1, 0.15) is 24.0 Å². The summed E-state index contributed by atoms with van der Waals surface area (Å²) in [4.78, 5) is -0.0644. The first-order chi connectivity index (χ1) is 13.4. The number of allylic oxidation sites excluding steroid dienone is 2. The van der Waals surface area contributed by atoms with E-state index in [0.717, 1.165) is 0 Å². The van der Waals surface area contributed by atoms with Crippen LogP contribution >= 0.6 is 0 Å². The molecule has 0 aliphatic carbocycles. The van der Waals surface area contributed by atoms with E-state index in [1.807, 2.05) is 6.07 Å². The van der Waals surface area contributed by atoms with Gasteiger partial charge in [-0.1, -0.05) is 24.3 Å². The van der Waals surface area contributed by atoms with Gasteiger partial charge >= 0.3 is 0 Å². The normalized spacial score (nSPS) is 20.2. The molecule has 6 nitrogen and oxygen atoms in total. The molecule has 28 heavy (non-hydrogen) atoms. The molecule has 0 amide bonds. The molecule has 8 heteroatoms. The minimum atomic E-state index is -4.01. The Balaban J connectivity index is 2.07. The van der Waals surface area contributed by atoms with Crippen LogP contribution in [0.15, 0.2) is 64.9 Å². The molecular weight excluding hydrogens is 381 g/mol. The Hall–Kier alpha value is -3.31. The number of nitriles is 1. The maximum absolute atomic E-state index is 13.5. The van der Waals surface area contributed by atoms with Crippen LogP contribution < -0.4 is 10.0 Å². The van der Waals surface area contributed by atoms with E-state index in [2.05, 4.69) is 0 Å². The predicted molar refractivity (Wildman–Crippen MR) is 102 cm³/mol. The topological polar surface area (TPSA) is 96.4 Å². The molecule has 0 radical (unpaired) electrons. The van der Waals surface area contributed by atoms with Gasteiger partial charge in [-0.15, -0.1) is 0 Å². The number of hydrogen-bond donors (Lipinski definition) is 1. The maximum atomic E-state index is 13.5. The second-order valence-electron chi connectivity index (χ2n) is 6.36. The number of para-hydroxylation sites is 1. The molecule has 0 unspecified atom stereocenters. The highest BCUT2D eigenvalue weighted by atomic mass is 32.2. The highest BCUT2D eigenvalue weighted by Crippen LogP contribution is 2.50. The molecule has 0 bridgehead atoms. The fourth-order valence-corrected chi connectivity index (χ4v) is 5.57. The lowest BCUT2D eigenvalue weighted by molar-refractivity contribution is 0.357. The molecule has 0 fully saturated rings. The van der Waals surface area contributed by atoms with E-state index in [0.29, 0.717) is 16.8 Å². The van der Waals surface area contributed by atoms with Gasteiger partial charge in [0.05, 0.1) is 11.6 Å². The van der Waals surface area contributed by atoms with Crippen LogP contribution in [0.3, 0.4) is 0 Å². The van der Waals surface area contributed by atoms with Crippen molar-refractivity contribution in [2.45, 2.75) is 12.8 Å². The third kappa shape index (κ3) is 2.47. The largest absolute Gasteiger partial charge is 0.439 e. The summed E-state index contributed by atoms with van der Waals surface area (Å²) >= 11 is 0. The van der Waals surface area contributed by atoms with Gasteiger partial charge in [-0.3, -0.25) is 4.31 Å². The number of halogens is 1. The van der Waals surface area contributed by atoms with Gasteiger partial charge in [0.25, 0.3) is 10.0 Å². The average molecular weight is 397 g/mol. The average Bonchev–Trinajstić information content (AvgIpc) is 2.68. The van der Waals surface area contributed by atoms with Crippen molar-refractivity contribution in [3.05, 3.63) is 81.8 Å². The number of nitrogens with zero attached hydrogens (tertiary/aromatic N) is 2. The molecule has 0 saturated carbocycles. The molecule has 2 aromatic carbocycles. The molecule has 4 rings (SSSR count). The zero-order valence-corrected chi connectivity index (χ0v) is 15.7. The number of hydrogen-bond acceptors (Lipinski definition) is 5. The van der Waals surface area contributed by atoms with Crippen LogP contribution in [-0.4, -0.2) is 15.0 Å². The Morgan fingerprint density at radius 3 is 2.54 bits per heavy atom. The van der Waals surface area contributed by atoms with Crippen molar-refractivity contribution < 1.29 is 17.5 Å². The summed E-state index contributed by atoms with van der Waals surface area (Å²) in [5.41, 5.74) is 7.45. The summed E-state index contributed by atoms with van der Waals surface area (Å²) in [6.07, 6.45) is 0. The van der Waals surface area contributed by atoms with E-state index in [9.17, 15) is 18.1 Å². The van der Waals surface area contributed by atoms with Gasteiger partial charge in [0, 0.05) is 12.1 Å². The van der Waals surface area contributed by atoms with Crippen LogP contribution in [0.2, 0.25) is 0 Å². The first-order valence-corrected chi connectivity index (χ1v) is 10.0. The van der Waals surface area contributed by atoms with Gasteiger partial charge in [-0.2, -0.15) is 5.26 Å². The number of anilines is 1. The Kier molecular flexibility index (Phi) is 4.12. The van der Waals surface area contributed by atoms with E-state index in [4.69, 9.17) is 10.5 Å². The minimum Gasteiger partial charge on any atom is -0.439 e. The minimum absolute atomic E-state index is 0.0237. The van der Waals surface area contributed by atoms with E-state index in [-0.39, 0.29) is 28.7 Å². The van der Waals surface area contributed by atoms with Crippen molar-refractivity contribution in [3.8, 4) is 6.07 Å². The van der Waals surface area contributed by atoms with Crippen LogP contribution in [0.4, 0.5) is 10.1 Å². The molecule has 1 atom stereocenters. The maximum Gasteiger partial charge on any atom is 0.265 e. The molecule has 2 heterocycles. The molecule has 2 aliphatic rings. The molecule has 2 aliphatic heterocycles. The zero-order chi connectivity index (χ0) is 20.1. The summed E-state index contributed by atoms with van der Waals surface area (Å²) in [6.45, 7) is 1.93. The van der Waals surface area contributed by atoms with Crippen molar-refractivity contribution in [3.63, 3.8) is 0 Å². The van der Waals surface area contributed by atoms with E-state index in [1.54, 1.807) is 31.2 Å². The quantitative estimate of drug-likeness (QED) is 0.840. The predicted octanol–water partition coefficient (Wildman–Crippen LogP) is 3.17. The summed E-state index contributed by atoms with van der Waals surface area (Å²) in [6, 6.07) is 14.2. The number of benzene rings is 2.